The van der Waals surface area contributed by atoms with E-state index in [0.717, 1.165) is 11.3 Å². The molecule has 1 fully saturated rings. The standard InChI is InChI=1S/C12H19NO3S2/c1-5-10-6-7-11(17-10)18(14,15)13-9(2)16-8-12(13,3)4/h6-7,9H,5,8H2,1-4H3. The Morgan fingerprint density at radius 1 is 1.50 bits per heavy atom. The van der Waals surface area contributed by atoms with E-state index in [-0.39, 0.29) is 0 Å². The lowest BCUT2D eigenvalue weighted by atomic mass is 10.1. The van der Waals surface area contributed by atoms with Crippen molar-refractivity contribution < 1.29 is 13.2 Å². The molecule has 0 bridgehead atoms. The number of ether oxygens (including phenoxy) is 1. The van der Waals surface area contributed by atoms with Gasteiger partial charge in [0.05, 0.1) is 12.1 Å². The van der Waals surface area contributed by atoms with E-state index in [4.69, 9.17) is 4.74 Å². The summed E-state index contributed by atoms with van der Waals surface area (Å²) in [6.07, 6.45) is 0.451. The predicted molar refractivity (Wildman–Crippen MR) is 72.2 cm³/mol. The van der Waals surface area contributed by atoms with Crippen LogP contribution >= 0.6 is 11.3 Å². The smallest absolute Gasteiger partial charge is 0.255 e. The lowest BCUT2D eigenvalue weighted by molar-refractivity contribution is 0.0844. The second kappa shape index (κ2) is 4.59. The van der Waals surface area contributed by atoms with Crippen LogP contribution in [0.25, 0.3) is 0 Å². The lowest BCUT2D eigenvalue weighted by Crippen LogP contribution is -2.46. The van der Waals surface area contributed by atoms with Gasteiger partial charge in [-0.3, -0.25) is 0 Å². The van der Waals surface area contributed by atoms with Crippen molar-refractivity contribution in [3.63, 3.8) is 0 Å². The first-order valence-electron chi connectivity index (χ1n) is 6.04. The summed E-state index contributed by atoms with van der Waals surface area (Å²) in [7, 11) is -3.46. The highest BCUT2D eigenvalue weighted by atomic mass is 32.2. The van der Waals surface area contributed by atoms with Crippen molar-refractivity contribution in [1.82, 2.24) is 4.31 Å². The monoisotopic (exact) mass is 289 g/mol. The zero-order chi connectivity index (χ0) is 13.6. The molecule has 0 saturated carbocycles. The molecule has 0 amide bonds. The van der Waals surface area contributed by atoms with E-state index in [1.807, 2.05) is 26.8 Å². The largest absolute Gasteiger partial charge is 0.360 e. The van der Waals surface area contributed by atoms with Crippen molar-refractivity contribution >= 4 is 21.4 Å². The summed E-state index contributed by atoms with van der Waals surface area (Å²) in [5.74, 6) is 0. The summed E-state index contributed by atoms with van der Waals surface area (Å²) in [6.45, 7) is 8.01. The Bertz CT molecular complexity index is 533. The molecule has 0 N–H and O–H groups in total. The van der Waals surface area contributed by atoms with Gasteiger partial charge in [0.2, 0.25) is 0 Å². The molecule has 1 atom stereocenters. The van der Waals surface area contributed by atoms with Crippen LogP contribution in [0.5, 0.6) is 0 Å². The Hall–Kier alpha value is -0.430. The molecule has 2 rings (SSSR count). The molecule has 0 spiro atoms. The number of hydrogen-bond donors (Lipinski definition) is 0. The summed E-state index contributed by atoms with van der Waals surface area (Å²) in [5, 5.41) is 0. The molecule has 1 unspecified atom stereocenters. The molecule has 102 valence electrons. The van der Waals surface area contributed by atoms with Crippen molar-refractivity contribution in [1.29, 1.82) is 0 Å². The second-order valence-corrected chi connectivity index (χ2v) is 8.31. The Kier molecular flexibility index (Phi) is 3.57. The van der Waals surface area contributed by atoms with Crippen molar-refractivity contribution in [3.05, 3.63) is 17.0 Å². The van der Waals surface area contributed by atoms with Crippen molar-refractivity contribution in [2.45, 2.75) is 50.1 Å². The summed E-state index contributed by atoms with van der Waals surface area (Å²) >= 11 is 1.34. The third-order valence-electron chi connectivity index (χ3n) is 3.10. The fourth-order valence-corrected chi connectivity index (χ4v) is 5.50. The molecule has 1 aliphatic heterocycles. The van der Waals surface area contributed by atoms with Gasteiger partial charge in [-0.15, -0.1) is 11.3 Å². The summed E-state index contributed by atoms with van der Waals surface area (Å²) < 4.78 is 32.6. The molecule has 0 aromatic carbocycles. The van der Waals surface area contributed by atoms with E-state index < -0.39 is 21.8 Å². The van der Waals surface area contributed by atoms with Crippen LogP contribution in [0, 0.1) is 0 Å². The fraction of sp³-hybridized carbons (Fsp3) is 0.667. The summed E-state index contributed by atoms with van der Waals surface area (Å²) in [4.78, 5) is 1.08. The van der Waals surface area contributed by atoms with Gasteiger partial charge >= 0.3 is 0 Å². The molecule has 1 aromatic rings. The van der Waals surface area contributed by atoms with E-state index in [9.17, 15) is 8.42 Å². The van der Waals surface area contributed by atoms with Crippen LogP contribution in [0.2, 0.25) is 0 Å². The van der Waals surface area contributed by atoms with Crippen molar-refractivity contribution in [2.75, 3.05) is 6.61 Å². The SMILES string of the molecule is CCc1ccc(S(=O)(=O)N2C(C)OCC2(C)C)s1. The van der Waals surface area contributed by atoms with E-state index in [0.29, 0.717) is 10.8 Å². The van der Waals surface area contributed by atoms with Crippen LogP contribution in [-0.4, -0.2) is 31.1 Å². The topological polar surface area (TPSA) is 46.6 Å². The molecule has 1 saturated heterocycles. The Balaban J connectivity index is 2.42. The normalized spacial score (nSPS) is 24.6. The Labute approximate surface area is 113 Å². The van der Waals surface area contributed by atoms with Crippen LogP contribution in [-0.2, 0) is 21.2 Å². The third kappa shape index (κ3) is 2.22. The Morgan fingerprint density at radius 3 is 2.61 bits per heavy atom. The molecular weight excluding hydrogens is 270 g/mol. The van der Waals surface area contributed by atoms with Gasteiger partial charge < -0.3 is 4.74 Å². The molecule has 2 heterocycles. The highest BCUT2D eigenvalue weighted by Gasteiger charge is 2.46. The highest BCUT2D eigenvalue weighted by molar-refractivity contribution is 7.91. The first-order chi connectivity index (χ1) is 8.29. The van der Waals surface area contributed by atoms with Gasteiger partial charge in [0.25, 0.3) is 10.0 Å². The predicted octanol–water partition coefficient (Wildman–Crippen LogP) is 2.46. The maximum atomic E-state index is 12.6. The minimum absolute atomic E-state index is 0.405. The number of hydrogen-bond acceptors (Lipinski definition) is 4. The number of sulfonamides is 1. The van der Waals surface area contributed by atoms with Gasteiger partial charge in [0.1, 0.15) is 10.4 Å². The van der Waals surface area contributed by atoms with Gasteiger partial charge in [-0.1, -0.05) is 6.92 Å². The number of nitrogens with zero attached hydrogens (tertiary/aromatic N) is 1. The fourth-order valence-electron chi connectivity index (χ4n) is 2.25. The molecule has 0 aliphatic carbocycles. The van der Waals surface area contributed by atoms with E-state index in [2.05, 4.69) is 0 Å². The zero-order valence-corrected chi connectivity index (χ0v) is 12.8. The minimum Gasteiger partial charge on any atom is -0.360 e. The van der Waals surface area contributed by atoms with Crippen LogP contribution < -0.4 is 0 Å². The number of rotatable bonds is 3. The number of aryl methyl sites for hydroxylation is 1. The van der Waals surface area contributed by atoms with E-state index in [1.54, 1.807) is 13.0 Å². The molecule has 0 radical (unpaired) electrons. The van der Waals surface area contributed by atoms with Crippen LogP contribution in [0.3, 0.4) is 0 Å². The summed E-state index contributed by atoms with van der Waals surface area (Å²) in [6, 6.07) is 3.58. The van der Waals surface area contributed by atoms with Gasteiger partial charge in [-0.2, -0.15) is 4.31 Å². The maximum Gasteiger partial charge on any atom is 0.255 e. The van der Waals surface area contributed by atoms with Gasteiger partial charge in [0, 0.05) is 4.88 Å². The molecule has 1 aliphatic rings. The molecule has 18 heavy (non-hydrogen) atoms. The number of thiophene rings is 1. The highest BCUT2D eigenvalue weighted by Crippen LogP contribution is 2.35. The zero-order valence-electron chi connectivity index (χ0n) is 11.1. The second-order valence-electron chi connectivity index (χ2n) is 5.10. The van der Waals surface area contributed by atoms with Gasteiger partial charge in [0.15, 0.2) is 0 Å². The van der Waals surface area contributed by atoms with E-state index in [1.165, 1.54) is 15.6 Å². The minimum atomic E-state index is -3.46. The van der Waals surface area contributed by atoms with Gasteiger partial charge in [-0.05, 0) is 39.3 Å². The quantitative estimate of drug-likeness (QED) is 0.858. The average molecular weight is 289 g/mol. The van der Waals surface area contributed by atoms with Crippen LogP contribution in [0.15, 0.2) is 16.3 Å². The van der Waals surface area contributed by atoms with Crippen molar-refractivity contribution in [2.24, 2.45) is 0 Å². The molecule has 1 aromatic heterocycles. The molecule has 4 nitrogen and oxygen atoms in total. The molecule has 6 heteroatoms. The van der Waals surface area contributed by atoms with Crippen molar-refractivity contribution in [3.8, 4) is 0 Å². The lowest BCUT2D eigenvalue weighted by Gasteiger charge is -2.30. The summed E-state index contributed by atoms with van der Waals surface area (Å²) in [5.41, 5.74) is -0.491. The molecular formula is C12H19NO3S2. The first kappa shape index (κ1) is 14.0. The van der Waals surface area contributed by atoms with E-state index >= 15 is 0 Å². The Morgan fingerprint density at radius 2 is 2.17 bits per heavy atom. The van der Waals surface area contributed by atoms with Crippen LogP contribution in [0.4, 0.5) is 0 Å². The maximum absolute atomic E-state index is 12.6. The average Bonchev–Trinajstić information content (AvgIpc) is 2.83. The van der Waals surface area contributed by atoms with Crippen LogP contribution in [0.1, 0.15) is 32.6 Å². The third-order valence-corrected chi connectivity index (χ3v) is 6.96. The van der Waals surface area contributed by atoms with Gasteiger partial charge in [-0.25, -0.2) is 8.42 Å². The first-order valence-corrected chi connectivity index (χ1v) is 8.29.